The second-order valence-corrected chi connectivity index (χ2v) is 14.1. The molecule has 2 nitrogen and oxygen atoms in total. The van der Waals surface area contributed by atoms with E-state index in [1.807, 2.05) is 6.20 Å². The fraction of sp³-hybridized carbons (Fsp3) is 0.0196. The minimum absolute atomic E-state index is 0.676. The van der Waals surface area contributed by atoms with Crippen LogP contribution in [0.4, 0.5) is 0 Å². The molecule has 0 aliphatic carbocycles. The normalized spacial score (nSPS) is 12.5. The molecule has 0 bridgehead atoms. The van der Waals surface area contributed by atoms with Gasteiger partial charge in [-0.2, -0.15) is 6.20 Å². The van der Waals surface area contributed by atoms with Crippen molar-refractivity contribution in [1.29, 1.82) is 0 Å². The molecule has 9 aromatic carbocycles. The minimum Gasteiger partial charge on any atom is -0.687 e. The van der Waals surface area contributed by atoms with Crippen LogP contribution in [-0.4, -0.2) is 4.57 Å². The van der Waals surface area contributed by atoms with Crippen molar-refractivity contribution >= 4 is 60.1 Å². The van der Waals surface area contributed by atoms with Crippen molar-refractivity contribution in [1.82, 2.24) is 4.57 Å². The summed E-state index contributed by atoms with van der Waals surface area (Å²) in [7, 11) is 0. The van der Waals surface area contributed by atoms with Gasteiger partial charge in [0.15, 0.2) is 0 Å². The van der Waals surface area contributed by atoms with Gasteiger partial charge in [-0.25, -0.2) is 0 Å². The first-order chi connectivity index (χ1) is 26.3. The third-order valence-electron chi connectivity index (χ3n) is 11.2. The van der Waals surface area contributed by atoms with Crippen LogP contribution in [0.1, 0.15) is 11.3 Å². The maximum atomic E-state index is 4.68. The standard InChI is InChI=1S/C51H33N2/c1-2-15-39(16-3-1)53-48-26-24-37(30-45(48)47-32-52-28-27-49(47)53)36-23-25-44-46(31-36)51(41-20-10-14-34-12-6-7-17-40(34)41)43-19-9-8-18-42(43)50(44)38-22-21-33-11-4-5-13-35(33)29-38/h1-31H,32H2/q-1. The van der Waals surface area contributed by atoms with Gasteiger partial charge in [0.25, 0.3) is 0 Å². The van der Waals surface area contributed by atoms with Gasteiger partial charge in [0, 0.05) is 16.8 Å². The fourth-order valence-electron chi connectivity index (χ4n) is 8.77. The van der Waals surface area contributed by atoms with Crippen molar-refractivity contribution in [3.63, 3.8) is 0 Å². The molecule has 11 rings (SSSR count). The molecule has 0 unspecified atom stereocenters. The van der Waals surface area contributed by atoms with E-state index in [1.165, 1.54) is 98.6 Å². The Morgan fingerprint density at radius 2 is 1.06 bits per heavy atom. The maximum absolute atomic E-state index is 4.68. The van der Waals surface area contributed by atoms with Crippen LogP contribution < -0.4 is 0 Å². The lowest BCUT2D eigenvalue weighted by Crippen LogP contribution is -1.99. The quantitative estimate of drug-likeness (QED) is 0.166. The molecule has 0 atom stereocenters. The average molecular weight is 674 g/mol. The fourth-order valence-corrected chi connectivity index (χ4v) is 8.77. The lowest BCUT2D eigenvalue weighted by molar-refractivity contribution is 1.07. The molecule has 248 valence electrons. The SMILES string of the molecule is C1=Cc2c(c3cc(-c4ccc5c(-c6ccc7ccccc7c6)c6ccccc6c(-c6cccc7ccccc67)c5c4)ccc3n2-c2ccccc2)C[N-]1. The van der Waals surface area contributed by atoms with Gasteiger partial charge in [0.05, 0.1) is 5.52 Å². The van der Waals surface area contributed by atoms with Crippen molar-refractivity contribution in [3.8, 4) is 39.1 Å². The molecule has 53 heavy (non-hydrogen) atoms. The van der Waals surface area contributed by atoms with E-state index >= 15 is 0 Å². The highest BCUT2D eigenvalue weighted by Crippen LogP contribution is 2.47. The van der Waals surface area contributed by atoms with Crippen LogP contribution >= 0.6 is 0 Å². The first kappa shape index (κ1) is 29.8. The monoisotopic (exact) mass is 673 g/mol. The van der Waals surface area contributed by atoms with Crippen LogP contribution in [0, 0.1) is 0 Å². The molecular formula is C51H33N2-. The maximum Gasteiger partial charge on any atom is 0.0537 e. The second kappa shape index (κ2) is 11.8. The van der Waals surface area contributed by atoms with E-state index in [-0.39, 0.29) is 0 Å². The van der Waals surface area contributed by atoms with Gasteiger partial charge < -0.3 is 9.88 Å². The van der Waals surface area contributed by atoms with Gasteiger partial charge in [-0.15, -0.1) is 6.54 Å². The molecule has 0 fully saturated rings. The second-order valence-electron chi connectivity index (χ2n) is 14.1. The Hall–Kier alpha value is -6.90. The lowest BCUT2D eigenvalue weighted by atomic mass is 9.83. The Bertz CT molecular complexity index is 3100. The van der Waals surface area contributed by atoms with Gasteiger partial charge in [0.1, 0.15) is 0 Å². The van der Waals surface area contributed by atoms with E-state index in [2.05, 4.69) is 192 Å². The predicted octanol–water partition coefficient (Wildman–Crippen LogP) is 14.1. The van der Waals surface area contributed by atoms with Crippen LogP contribution in [0.15, 0.2) is 182 Å². The van der Waals surface area contributed by atoms with Crippen LogP contribution in [-0.2, 0) is 6.54 Å². The van der Waals surface area contributed by atoms with Gasteiger partial charge in [-0.1, -0.05) is 146 Å². The van der Waals surface area contributed by atoms with E-state index in [0.717, 1.165) is 5.69 Å². The van der Waals surface area contributed by atoms with Crippen molar-refractivity contribution in [2.75, 3.05) is 0 Å². The molecule has 0 amide bonds. The molecule has 0 N–H and O–H groups in total. The van der Waals surface area contributed by atoms with Crippen molar-refractivity contribution < 1.29 is 0 Å². The van der Waals surface area contributed by atoms with Crippen LogP contribution in [0.2, 0.25) is 0 Å². The highest BCUT2D eigenvalue weighted by molar-refractivity contribution is 6.24. The summed E-state index contributed by atoms with van der Waals surface area (Å²) in [5, 5.41) is 16.0. The lowest BCUT2D eigenvalue weighted by Gasteiger charge is -2.21. The van der Waals surface area contributed by atoms with Crippen molar-refractivity contribution in [3.05, 3.63) is 199 Å². The molecule has 0 radical (unpaired) electrons. The third-order valence-corrected chi connectivity index (χ3v) is 11.2. The Morgan fingerprint density at radius 1 is 0.415 bits per heavy atom. The Morgan fingerprint density at radius 3 is 1.91 bits per heavy atom. The molecule has 10 aromatic rings. The van der Waals surface area contributed by atoms with Gasteiger partial charge in [-0.05, 0) is 118 Å². The van der Waals surface area contributed by atoms with E-state index in [1.54, 1.807) is 0 Å². The van der Waals surface area contributed by atoms with Gasteiger partial charge in [0.2, 0.25) is 0 Å². The van der Waals surface area contributed by atoms with Crippen LogP contribution in [0.5, 0.6) is 0 Å². The highest BCUT2D eigenvalue weighted by atomic mass is 15.0. The number of fused-ring (bicyclic) bond motifs is 7. The smallest absolute Gasteiger partial charge is 0.0537 e. The number of benzene rings is 9. The number of hydrogen-bond donors (Lipinski definition) is 0. The zero-order valence-corrected chi connectivity index (χ0v) is 29.0. The van der Waals surface area contributed by atoms with E-state index < -0.39 is 0 Å². The molecule has 1 aliphatic heterocycles. The molecule has 1 aliphatic rings. The Labute approximate surface area is 307 Å². The summed E-state index contributed by atoms with van der Waals surface area (Å²) in [6.07, 6.45) is 4.09. The zero-order valence-electron chi connectivity index (χ0n) is 29.0. The first-order valence-corrected chi connectivity index (χ1v) is 18.3. The number of nitrogens with zero attached hydrogens (tertiary/aromatic N) is 2. The number of aromatic nitrogens is 1. The van der Waals surface area contributed by atoms with E-state index in [9.17, 15) is 0 Å². The summed E-state index contributed by atoms with van der Waals surface area (Å²) in [6, 6.07) is 64.8. The largest absolute Gasteiger partial charge is 0.687 e. The summed E-state index contributed by atoms with van der Waals surface area (Å²) in [5.41, 5.74) is 12.3. The molecule has 1 aromatic heterocycles. The molecule has 2 heteroatoms. The third kappa shape index (κ3) is 4.66. The molecule has 2 heterocycles. The van der Waals surface area contributed by atoms with Gasteiger partial charge in [-0.3, -0.25) is 0 Å². The van der Waals surface area contributed by atoms with Crippen molar-refractivity contribution in [2.45, 2.75) is 6.54 Å². The average Bonchev–Trinajstić information content (AvgIpc) is 3.56. The zero-order chi connectivity index (χ0) is 34.9. The Kier molecular flexibility index (Phi) is 6.65. The summed E-state index contributed by atoms with van der Waals surface area (Å²) >= 11 is 0. The van der Waals surface area contributed by atoms with Crippen LogP contribution in [0.25, 0.3) is 104 Å². The topological polar surface area (TPSA) is 19.0 Å². The minimum atomic E-state index is 0.676. The highest BCUT2D eigenvalue weighted by Gasteiger charge is 2.20. The van der Waals surface area contributed by atoms with Gasteiger partial charge >= 0.3 is 0 Å². The van der Waals surface area contributed by atoms with E-state index in [0.29, 0.717) is 6.54 Å². The predicted molar refractivity (Wildman–Crippen MR) is 226 cm³/mol. The molecule has 0 saturated heterocycles. The molecule has 0 spiro atoms. The first-order valence-electron chi connectivity index (χ1n) is 18.3. The number of para-hydroxylation sites is 1. The molecule has 0 saturated carbocycles. The number of rotatable bonds is 4. The summed E-state index contributed by atoms with van der Waals surface area (Å²) in [5.74, 6) is 0. The summed E-state index contributed by atoms with van der Waals surface area (Å²) in [6.45, 7) is 0.676. The summed E-state index contributed by atoms with van der Waals surface area (Å²) < 4.78 is 2.38. The Balaban J connectivity index is 1.21. The van der Waals surface area contributed by atoms with Crippen LogP contribution in [0.3, 0.4) is 0 Å². The summed E-state index contributed by atoms with van der Waals surface area (Å²) in [4.78, 5) is 0. The number of hydrogen-bond acceptors (Lipinski definition) is 0. The molecular weight excluding hydrogens is 641 g/mol. The van der Waals surface area contributed by atoms with E-state index in [4.69, 9.17) is 0 Å². The van der Waals surface area contributed by atoms with Crippen molar-refractivity contribution in [2.24, 2.45) is 0 Å².